The van der Waals surface area contributed by atoms with Crippen LogP contribution in [0, 0.1) is 12.3 Å². The molecule has 64 valence electrons. The molecule has 1 nitrogen and oxygen atoms in total. The molecule has 0 radical (unpaired) electrons. The largest absolute Gasteiger partial charge is 0.380 e. The van der Waals surface area contributed by atoms with Gasteiger partial charge in [0.15, 0.2) is 0 Å². The quantitative estimate of drug-likeness (QED) is 0.363. The van der Waals surface area contributed by atoms with Gasteiger partial charge in [0.05, 0.1) is 6.61 Å². The van der Waals surface area contributed by atoms with E-state index in [1.807, 2.05) is 0 Å². The highest BCUT2D eigenvalue weighted by molar-refractivity contribution is 9.09. The molecule has 0 saturated heterocycles. The zero-order valence-corrected chi connectivity index (χ0v) is 8.40. The van der Waals surface area contributed by atoms with Crippen molar-refractivity contribution in [3.05, 3.63) is 0 Å². The first-order valence-corrected chi connectivity index (χ1v) is 5.11. The van der Waals surface area contributed by atoms with Crippen LogP contribution in [0.1, 0.15) is 25.7 Å². The molecular formula is C9H15BrO. The third kappa shape index (κ3) is 10.0. The summed E-state index contributed by atoms with van der Waals surface area (Å²) in [6, 6.07) is 0. The van der Waals surface area contributed by atoms with Crippen molar-refractivity contribution >= 4 is 15.9 Å². The van der Waals surface area contributed by atoms with Gasteiger partial charge in [-0.15, -0.1) is 12.3 Å². The third-order valence-corrected chi connectivity index (χ3v) is 1.87. The van der Waals surface area contributed by atoms with E-state index in [0.29, 0.717) is 6.61 Å². The second-order valence-corrected chi connectivity index (χ2v) is 3.11. The highest BCUT2D eigenvalue weighted by atomic mass is 79.9. The number of halogens is 1. The molecule has 0 aliphatic rings. The lowest BCUT2D eigenvalue weighted by Crippen LogP contribution is -1.95. The molecule has 0 aromatic heterocycles. The summed E-state index contributed by atoms with van der Waals surface area (Å²) in [7, 11) is 0. The molecule has 0 amide bonds. The van der Waals surface area contributed by atoms with Gasteiger partial charge in [0, 0.05) is 18.4 Å². The molecule has 0 aromatic carbocycles. The van der Waals surface area contributed by atoms with E-state index in [-0.39, 0.29) is 0 Å². The summed E-state index contributed by atoms with van der Waals surface area (Å²) < 4.78 is 5.26. The summed E-state index contributed by atoms with van der Waals surface area (Å²) >= 11 is 3.38. The predicted octanol–water partition coefficient (Wildman–Crippen LogP) is 2.59. The fourth-order valence-electron chi connectivity index (χ4n) is 0.709. The average molecular weight is 219 g/mol. The lowest BCUT2D eigenvalue weighted by molar-refractivity contribution is 0.136. The van der Waals surface area contributed by atoms with Crippen molar-refractivity contribution in [1.82, 2.24) is 0 Å². The molecule has 0 atom stereocenters. The molecule has 0 fully saturated rings. The second-order valence-electron chi connectivity index (χ2n) is 2.32. The molecule has 0 saturated carbocycles. The van der Waals surface area contributed by atoms with Gasteiger partial charge in [-0.05, 0) is 12.8 Å². The summed E-state index contributed by atoms with van der Waals surface area (Å²) in [5, 5.41) is 1.09. The Morgan fingerprint density at radius 3 is 2.64 bits per heavy atom. The minimum absolute atomic E-state index is 0.713. The van der Waals surface area contributed by atoms with Crippen LogP contribution in [0.15, 0.2) is 0 Å². The maximum atomic E-state index is 5.26. The standard InChI is InChI=1S/C9H15BrO/c1-2-3-8-11-9-6-4-5-7-10/h1H,3-9H2. The lowest BCUT2D eigenvalue weighted by Gasteiger charge is -1.99. The van der Waals surface area contributed by atoms with Gasteiger partial charge in [-0.25, -0.2) is 0 Å². The van der Waals surface area contributed by atoms with Crippen LogP contribution < -0.4 is 0 Å². The monoisotopic (exact) mass is 218 g/mol. The van der Waals surface area contributed by atoms with Gasteiger partial charge >= 0.3 is 0 Å². The van der Waals surface area contributed by atoms with Crippen LogP contribution in [0.2, 0.25) is 0 Å². The van der Waals surface area contributed by atoms with Crippen molar-refractivity contribution in [2.45, 2.75) is 25.7 Å². The first kappa shape index (κ1) is 11.0. The van der Waals surface area contributed by atoms with Crippen molar-refractivity contribution in [1.29, 1.82) is 0 Å². The Labute approximate surface area is 77.6 Å². The number of unbranched alkanes of at least 4 members (excludes halogenated alkanes) is 2. The van der Waals surface area contributed by atoms with Crippen molar-refractivity contribution in [2.75, 3.05) is 18.5 Å². The molecule has 0 unspecified atom stereocenters. The molecule has 0 aromatic rings. The minimum Gasteiger partial charge on any atom is -0.380 e. The molecule has 0 bridgehead atoms. The highest BCUT2D eigenvalue weighted by Gasteiger charge is 1.87. The van der Waals surface area contributed by atoms with Gasteiger partial charge < -0.3 is 4.74 Å². The Morgan fingerprint density at radius 2 is 2.00 bits per heavy atom. The molecule has 0 rings (SSSR count). The Hall–Kier alpha value is 0. The molecule has 0 spiro atoms. The van der Waals surface area contributed by atoms with Gasteiger partial charge in [-0.2, -0.15) is 0 Å². The van der Waals surface area contributed by atoms with E-state index < -0.39 is 0 Å². The van der Waals surface area contributed by atoms with E-state index in [1.54, 1.807) is 0 Å². The SMILES string of the molecule is C#CCCOCCCCCBr. The first-order chi connectivity index (χ1) is 5.41. The molecule has 0 aliphatic carbocycles. The van der Waals surface area contributed by atoms with E-state index in [0.717, 1.165) is 24.8 Å². The molecule has 0 aliphatic heterocycles. The van der Waals surface area contributed by atoms with Crippen LogP contribution in [0.25, 0.3) is 0 Å². The van der Waals surface area contributed by atoms with Crippen LogP contribution in [0.3, 0.4) is 0 Å². The summed E-state index contributed by atoms with van der Waals surface area (Å²) in [5.41, 5.74) is 0. The van der Waals surface area contributed by atoms with Crippen LogP contribution in [0.4, 0.5) is 0 Å². The minimum atomic E-state index is 0.713. The fourth-order valence-corrected chi connectivity index (χ4v) is 1.11. The van der Waals surface area contributed by atoms with Gasteiger partial charge in [-0.3, -0.25) is 0 Å². The predicted molar refractivity (Wildman–Crippen MR) is 51.9 cm³/mol. The molecule has 2 heteroatoms. The summed E-state index contributed by atoms with van der Waals surface area (Å²) in [6.45, 7) is 1.57. The van der Waals surface area contributed by atoms with Crippen molar-refractivity contribution in [3.8, 4) is 12.3 Å². The normalized spacial score (nSPS) is 9.45. The topological polar surface area (TPSA) is 9.23 Å². The fraction of sp³-hybridized carbons (Fsp3) is 0.778. The Morgan fingerprint density at radius 1 is 1.18 bits per heavy atom. The second kappa shape index (κ2) is 10.0. The molecule has 0 N–H and O–H groups in total. The van der Waals surface area contributed by atoms with E-state index in [2.05, 4.69) is 21.9 Å². The molecule has 11 heavy (non-hydrogen) atoms. The van der Waals surface area contributed by atoms with Crippen LogP contribution in [0.5, 0.6) is 0 Å². The number of terminal acetylenes is 1. The van der Waals surface area contributed by atoms with Crippen molar-refractivity contribution in [3.63, 3.8) is 0 Å². The molecular weight excluding hydrogens is 204 g/mol. The van der Waals surface area contributed by atoms with Gasteiger partial charge in [0.25, 0.3) is 0 Å². The van der Waals surface area contributed by atoms with Crippen molar-refractivity contribution < 1.29 is 4.74 Å². The van der Waals surface area contributed by atoms with E-state index >= 15 is 0 Å². The van der Waals surface area contributed by atoms with Crippen molar-refractivity contribution in [2.24, 2.45) is 0 Å². The number of alkyl halides is 1. The smallest absolute Gasteiger partial charge is 0.0575 e. The summed E-state index contributed by atoms with van der Waals surface area (Å²) in [4.78, 5) is 0. The summed E-state index contributed by atoms with van der Waals surface area (Å²) in [5.74, 6) is 2.54. The summed E-state index contributed by atoms with van der Waals surface area (Å²) in [6.07, 6.45) is 9.41. The number of ether oxygens (including phenoxy) is 1. The Bertz CT molecular complexity index is 107. The van der Waals surface area contributed by atoms with Crippen LogP contribution >= 0.6 is 15.9 Å². The van der Waals surface area contributed by atoms with Gasteiger partial charge in [0.2, 0.25) is 0 Å². The number of hydrogen-bond donors (Lipinski definition) is 0. The average Bonchev–Trinajstić information content (AvgIpc) is 2.03. The maximum absolute atomic E-state index is 5.26. The van der Waals surface area contributed by atoms with Gasteiger partial charge in [-0.1, -0.05) is 22.4 Å². The van der Waals surface area contributed by atoms with E-state index in [1.165, 1.54) is 12.8 Å². The van der Waals surface area contributed by atoms with Gasteiger partial charge in [0.1, 0.15) is 0 Å². The zero-order chi connectivity index (χ0) is 8.36. The third-order valence-electron chi connectivity index (χ3n) is 1.31. The van der Waals surface area contributed by atoms with Crippen LogP contribution in [-0.2, 0) is 4.74 Å². The highest BCUT2D eigenvalue weighted by Crippen LogP contribution is 1.98. The Balaban J connectivity index is 2.75. The van der Waals surface area contributed by atoms with E-state index in [9.17, 15) is 0 Å². The lowest BCUT2D eigenvalue weighted by atomic mass is 10.3. The number of hydrogen-bond acceptors (Lipinski definition) is 1. The zero-order valence-electron chi connectivity index (χ0n) is 6.81. The first-order valence-electron chi connectivity index (χ1n) is 3.99. The maximum Gasteiger partial charge on any atom is 0.0575 e. The van der Waals surface area contributed by atoms with Crippen LogP contribution in [-0.4, -0.2) is 18.5 Å². The molecule has 0 heterocycles. The Kier molecular flexibility index (Phi) is 10.0. The van der Waals surface area contributed by atoms with E-state index in [4.69, 9.17) is 11.2 Å². The number of rotatable bonds is 7.